The standard InChI is InChI=1S/C11H14BrNO3S/c1-16-10-2-4-11(5-3-10)17(14,15)13-7-6-9(12)8-13/h2-5,9H,6-8H2,1H3. The number of hydrogen-bond donors (Lipinski definition) is 0. The van der Waals surface area contributed by atoms with Gasteiger partial charge in [-0.25, -0.2) is 8.42 Å². The molecule has 17 heavy (non-hydrogen) atoms. The van der Waals surface area contributed by atoms with Crippen molar-refractivity contribution in [3.63, 3.8) is 0 Å². The van der Waals surface area contributed by atoms with Gasteiger partial charge in [-0.05, 0) is 30.7 Å². The van der Waals surface area contributed by atoms with Gasteiger partial charge in [-0.15, -0.1) is 0 Å². The van der Waals surface area contributed by atoms with Crippen LogP contribution in [0.4, 0.5) is 0 Å². The van der Waals surface area contributed by atoms with Crippen molar-refractivity contribution in [3.8, 4) is 5.75 Å². The SMILES string of the molecule is COc1ccc(S(=O)(=O)N2CCC(Br)C2)cc1. The molecular weight excluding hydrogens is 306 g/mol. The van der Waals surface area contributed by atoms with Crippen LogP contribution in [0.5, 0.6) is 5.75 Å². The van der Waals surface area contributed by atoms with Gasteiger partial charge in [0.05, 0.1) is 12.0 Å². The minimum atomic E-state index is -3.35. The van der Waals surface area contributed by atoms with Gasteiger partial charge in [0, 0.05) is 17.9 Å². The van der Waals surface area contributed by atoms with Crippen LogP contribution in [0, 0.1) is 0 Å². The first-order valence-electron chi connectivity index (χ1n) is 5.32. The summed E-state index contributed by atoms with van der Waals surface area (Å²) in [6.45, 7) is 1.11. The van der Waals surface area contributed by atoms with Crippen LogP contribution in [0.25, 0.3) is 0 Å². The van der Waals surface area contributed by atoms with Gasteiger partial charge in [-0.1, -0.05) is 15.9 Å². The van der Waals surface area contributed by atoms with Gasteiger partial charge in [0.15, 0.2) is 0 Å². The fourth-order valence-electron chi connectivity index (χ4n) is 1.80. The Balaban J connectivity index is 2.25. The van der Waals surface area contributed by atoms with E-state index in [1.54, 1.807) is 31.4 Å². The summed E-state index contributed by atoms with van der Waals surface area (Å²) < 4.78 is 31.0. The highest BCUT2D eigenvalue weighted by atomic mass is 79.9. The number of nitrogens with zero attached hydrogens (tertiary/aromatic N) is 1. The lowest BCUT2D eigenvalue weighted by Crippen LogP contribution is -2.28. The Morgan fingerprint density at radius 3 is 2.47 bits per heavy atom. The molecule has 0 bridgehead atoms. The van der Waals surface area contributed by atoms with Gasteiger partial charge in [-0.3, -0.25) is 0 Å². The maximum absolute atomic E-state index is 12.2. The molecule has 2 rings (SSSR count). The van der Waals surface area contributed by atoms with Crippen LogP contribution in [0.1, 0.15) is 6.42 Å². The monoisotopic (exact) mass is 319 g/mol. The molecule has 1 unspecified atom stereocenters. The minimum Gasteiger partial charge on any atom is -0.497 e. The topological polar surface area (TPSA) is 46.6 Å². The fraction of sp³-hybridized carbons (Fsp3) is 0.455. The van der Waals surface area contributed by atoms with Crippen LogP contribution < -0.4 is 4.74 Å². The van der Waals surface area contributed by atoms with Crippen LogP contribution in [0.3, 0.4) is 0 Å². The highest BCUT2D eigenvalue weighted by Crippen LogP contribution is 2.25. The number of benzene rings is 1. The molecule has 0 radical (unpaired) electrons. The summed E-state index contributed by atoms with van der Waals surface area (Å²) in [5.74, 6) is 0.656. The summed E-state index contributed by atoms with van der Waals surface area (Å²) in [5.41, 5.74) is 0. The molecule has 1 aromatic carbocycles. The quantitative estimate of drug-likeness (QED) is 0.799. The Bertz CT molecular complexity index is 486. The Morgan fingerprint density at radius 2 is 2.00 bits per heavy atom. The molecule has 0 saturated carbocycles. The van der Waals surface area contributed by atoms with Gasteiger partial charge < -0.3 is 4.74 Å². The highest BCUT2D eigenvalue weighted by Gasteiger charge is 2.31. The molecular formula is C11H14BrNO3S. The van der Waals surface area contributed by atoms with Gasteiger partial charge in [-0.2, -0.15) is 4.31 Å². The Hall–Kier alpha value is -0.590. The van der Waals surface area contributed by atoms with Crippen LogP contribution >= 0.6 is 15.9 Å². The third kappa shape index (κ3) is 2.64. The molecule has 1 aliphatic heterocycles. The average Bonchev–Trinajstić information content (AvgIpc) is 2.77. The number of alkyl halides is 1. The molecule has 0 aliphatic carbocycles. The minimum absolute atomic E-state index is 0.260. The fourth-order valence-corrected chi connectivity index (χ4v) is 4.05. The summed E-state index contributed by atoms with van der Waals surface area (Å²) in [6.07, 6.45) is 0.857. The maximum atomic E-state index is 12.2. The lowest BCUT2D eigenvalue weighted by molar-refractivity contribution is 0.414. The van der Waals surface area contributed by atoms with Crippen molar-refractivity contribution in [2.45, 2.75) is 16.1 Å². The molecule has 0 spiro atoms. The van der Waals surface area contributed by atoms with E-state index in [4.69, 9.17) is 4.74 Å². The molecule has 1 saturated heterocycles. The largest absolute Gasteiger partial charge is 0.497 e. The normalized spacial score (nSPS) is 21.6. The lowest BCUT2D eigenvalue weighted by Gasteiger charge is -2.15. The van der Waals surface area contributed by atoms with Crippen molar-refractivity contribution in [2.24, 2.45) is 0 Å². The Kier molecular flexibility index (Phi) is 3.75. The van der Waals surface area contributed by atoms with E-state index in [0.29, 0.717) is 23.7 Å². The number of methoxy groups -OCH3 is 1. The van der Waals surface area contributed by atoms with Crippen molar-refractivity contribution in [3.05, 3.63) is 24.3 Å². The number of sulfonamides is 1. The summed E-state index contributed by atoms with van der Waals surface area (Å²) in [5, 5.41) is 0. The third-order valence-corrected chi connectivity index (χ3v) is 5.42. The molecule has 94 valence electrons. The number of ether oxygens (including phenoxy) is 1. The van der Waals surface area contributed by atoms with E-state index in [1.807, 2.05) is 0 Å². The van der Waals surface area contributed by atoms with E-state index in [9.17, 15) is 8.42 Å². The Labute approximate surface area is 110 Å². The first-order valence-corrected chi connectivity index (χ1v) is 7.68. The zero-order valence-electron chi connectivity index (χ0n) is 9.47. The average molecular weight is 320 g/mol. The van der Waals surface area contributed by atoms with Gasteiger partial charge in [0.2, 0.25) is 10.0 Å². The molecule has 0 N–H and O–H groups in total. The summed E-state index contributed by atoms with van der Waals surface area (Å²) in [4.78, 5) is 0.579. The van der Waals surface area contributed by atoms with Crippen molar-refractivity contribution < 1.29 is 13.2 Å². The number of hydrogen-bond acceptors (Lipinski definition) is 3. The second-order valence-corrected chi connectivity index (χ2v) is 7.16. The maximum Gasteiger partial charge on any atom is 0.243 e. The molecule has 0 amide bonds. The van der Waals surface area contributed by atoms with Crippen LogP contribution in [0.15, 0.2) is 29.2 Å². The highest BCUT2D eigenvalue weighted by molar-refractivity contribution is 9.09. The molecule has 1 fully saturated rings. The first-order chi connectivity index (χ1) is 8.04. The van der Waals surface area contributed by atoms with Crippen LogP contribution in [0.2, 0.25) is 0 Å². The van der Waals surface area contributed by atoms with Crippen molar-refractivity contribution in [1.82, 2.24) is 4.31 Å². The molecule has 1 aromatic rings. The van der Waals surface area contributed by atoms with Crippen molar-refractivity contribution in [1.29, 1.82) is 0 Å². The van der Waals surface area contributed by atoms with E-state index in [1.165, 1.54) is 4.31 Å². The third-order valence-electron chi connectivity index (χ3n) is 2.79. The molecule has 6 heteroatoms. The summed E-state index contributed by atoms with van der Waals surface area (Å²) in [7, 11) is -1.79. The van der Waals surface area contributed by atoms with Gasteiger partial charge in [0.25, 0.3) is 0 Å². The van der Waals surface area contributed by atoms with Gasteiger partial charge in [0.1, 0.15) is 5.75 Å². The summed E-state index contributed by atoms with van der Waals surface area (Å²) in [6, 6.07) is 6.48. The van der Waals surface area contributed by atoms with E-state index in [2.05, 4.69) is 15.9 Å². The molecule has 1 aliphatic rings. The zero-order chi connectivity index (χ0) is 12.5. The van der Waals surface area contributed by atoms with Gasteiger partial charge >= 0.3 is 0 Å². The van der Waals surface area contributed by atoms with Crippen molar-refractivity contribution >= 4 is 26.0 Å². The summed E-state index contributed by atoms with van der Waals surface area (Å²) >= 11 is 3.44. The lowest BCUT2D eigenvalue weighted by atomic mass is 10.3. The zero-order valence-corrected chi connectivity index (χ0v) is 11.9. The second kappa shape index (κ2) is 4.96. The van der Waals surface area contributed by atoms with E-state index < -0.39 is 10.0 Å². The van der Waals surface area contributed by atoms with E-state index in [-0.39, 0.29) is 4.83 Å². The molecule has 0 aromatic heterocycles. The van der Waals surface area contributed by atoms with E-state index >= 15 is 0 Å². The predicted octanol–water partition coefficient (Wildman–Crippen LogP) is 1.85. The van der Waals surface area contributed by atoms with Crippen LogP contribution in [-0.2, 0) is 10.0 Å². The van der Waals surface area contributed by atoms with Crippen LogP contribution in [-0.4, -0.2) is 37.7 Å². The molecule has 1 heterocycles. The van der Waals surface area contributed by atoms with E-state index in [0.717, 1.165) is 6.42 Å². The first kappa shape index (κ1) is 12.9. The molecule has 1 atom stereocenters. The Morgan fingerprint density at radius 1 is 1.35 bits per heavy atom. The second-order valence-electron chi connectivity index (χ2n) is 3.92. The predicted molar refractivity (Wildman–Crippen MR) is 69.1 cm³/mol. The smallest absolute Gasteiger partial charge is 0.243 e. The molecule has 4 nitrogen and oxygen atoms in total. The van der Waals surface area contributed by atoms with Crippen molar-refractivity contribution in [2.75, 3.05) is 20.2 Å². The number of rotatable bonds is 3. The number of halogens is 1.